The zero-order valence-electron chi connectivity index (χ0n) is 15.0. The van der Waals surface area contributed by atoms with Gasteiger partial charge in [-0.05, 0) is 31.1 Å². The Kier molecular flexibility index (Phi) is 4.55. The molecule has 1 fully saturated rings. The number of alkyl halides is 1. The zero-order valence-corrected chi connectivity index (χ0v) is 16.6. The Morgan fingerprint density at radius 3 is 2.75 bits per heavy atom. The van der Waals surface area contributed by atoms with Crippen LogP contribution in [0.4, 0.5) is 9.18 Å². The fourth-order valence-corrected chi connectivity index (χ4v) is 5.30. The first-order chi connectivity index (χ1) is 13.3. The number of halogens is 1. The second kappa shape index (κ2) is 6.68. The van der Waals surface area contributed by atoms with Crippen LogP contribution < -0.4 is 4.72 Å². The number of urea groups is 1. The van der Waals surface area contributed by atoms with E-state index in [-0.39, 0.29) is 11.4 Å². The molecule has 3 amide bonds. The number of hydrogen-bond donors (Lipinski definition) is 1. The number of fused-ring (bicyclic) bond motifs is 1. The molecule has 1 aromatic heterocycles. The van der Waals surface area contributed by atoms with E-state index in [1.165, 1.54) is 41.2 Å². The molecule has 0 spiro atoms. The molecule has 2 heterocycles. The van der Waals surface area contributed by atoms with Crippen LogP contribution in [0.5, 0.6) is 0 Å². The number of amides is 3. The molecule has 1 aromatic rings. The molecule has 11 heteroatoms. The number of aromatic nitrogens is 1. The van der Waals surface area contributed by atoms with E-state index in [9.17, 15) is 22.4 Å². The highest BCUT2D eigenvalue weighted by atomic mass is 32.2. The summed E-state index contributed by atoms with van der Waals surface area (Å²) in [5, 5.41) is 0. The maximum absolute atomic E-state index is 13.1. The molecule has 4 rings (SSSR count). The number of rotatable bonds is 6. The van der Waals surface area contributed by atoms with Crippen LogP contribution in [0.15, 0.2) is 34.8 Å². The second-order valence-corrected chi connectivity index (χ2v) is 9.71. The number of carbonyl (C=O) groups is 2. The first-order valence-electron chi connectivity index (χ1n) is 8.59. The van der Waals surface area contributed by atoms with Crippen LogP contribution >= 0.6 is 11.3 Å². The van der Waals surface area contributed by atoms with Gasteiger partial charge in [0.2, 0.25) is 10.0 Å². The van der Waals surface area contributed by atoms with E-state index in [0.29, 0.717) is 18.6 Å². The number of hydrogen-bond acceptors (Lipinski definition) is 6. The van der Waals surface area contributed by atoms with Gasteiger partial charge in [-0.15, -0.1) is 11.3 Å². The van der Waals surface area contributed by atoms with E-state index >= 15 is 0 Å². The molecular weight excluding hydrogens is 407 g/mol. The highest BCUT2D eigenvalue weighted by Gasteiger charge is 2.49. The number of allylic oxidation sites excluding steroid dienone is 2. The molecule has 1 aliphatic heterocycles. The Hall–Kier alpha value is -2.24. The van der Waals surface area contributed by atoms with E-state index < -0.39 is 40.1 Å². The molecule has 28 heavy (non-hydrogen) atoms. The van der Waals surface area contributed by atoms with Crippen molar-refractivity contribution in [1.82, 2.24) is 14.6 Å². The van der Waals surface area contributed by atoms with Gasteiger partial charge in [0.1, 0.15) is 24.8 Å². The second-order valence-electron chi connectivity index (χ2n) is 7.06. The number of imide groups is 1. The van der Waals surface area contributed by atoms with Crippen molar-refractivity contribution in [2.24, 2.45) is 5.92 Å². The molecular formula is C17H18FN4O4S2+. The van der Waals surface area contributed by atoms with Gasteiger partial charge in [0.15, 0.2) is 0 Å². The van der Waals surface area contributed by atoms with Crippen LogP contribution in [0, 0.1) is 5.92 Å². The van der Waals surface area contributed by atoms with E-state index in [0.717, 1.165) is 9.78 Å². The quantitative estimate of drug-likeness (QED) is 0.690. The normalized spacial score (nSPS) is 23.7. The molecule has 0 bridgehead atoms. The van der Waals surface area contributed by atoms with Crippen molar-refractivity contribution in [2.45, 2.75) is 24.9 Å². The molecule has 1 unspecified atom stereocenters. The first-order valence-corrected chi connectivity index (χ1v) is 11.0. The summed E-state index contributed by atoms with van der Waals surface area (Å²) in [4.78, 5) is 31.2. The number of sulfonamides is 1. The maximum Gasteiger partial charge on any atom is 0.501 e. The van der Waals surface area contributed by atoms with Crippen LogP contribution in [-0.4, -0.2) is 59.8 Å². The summed E-state index contributed by atoms with van der Waals surface area (Å²) in [5.41, 5.74) is 0.980. The van der Waals surface area contributed by atoms with Gasteiger partial charge >= 0.3 is 11.9 Å². The highest BCUT2D eigenvalue weighted by molar-refractivity contribution is 7.93. The number of nitrogens with one attached hydrogen (secondary N) is 1. The third-order valence-corrected chi connectivity index (χ3v) is 7.43. The van der Waals surface area contributed by atoms with Gasteiger partial charge in [-0.1, -0.05) is 0 Å². The van der Waals surface area contributed by atoms with E-state index in [1.54, 1.807) is 11.7 Å². The predicted molar refractivity (Wildman–Crippen MR) is 100.0 cm³/mol. The van der Waals surface area contributed by atoms with Crippen LogP contribution in [0.1, 0.15) is 17.7 Å². The smallest absolute Gasteiger partial charge is 0.253 e. The van der Waals surface area contributed by atoms with E-state index in [2.05, 4.69) is 9.71 Å². The lowest BCUT2D eigenvalue weighted by Crippen LogP contribution is -2.53. The molecule has 0 aromatic carbocycles. The lowest BCUT2D eigenvalue weighted by molar-refractivity contribution is -0.406. The fraction of sp³-hybridized carbons (Fsp3) is 0.412. The van der Waals surface area contributed by atoms with Crippen molar-refractivity contribution in [1.29, 1.82) is 0 Å². The summed E-state index contributed by atoms with van der Waals surface area (Å²) in [5.74, 6) is -1.41. The highest BCUT2D eigenvalue weighted by Crippen LogP contribution is 2.37. The van der Waals surface area contributed by atoms with Gasteiger partial charge in [0, 0.05) is 6.20 Å². The topological polar surface area (TPSA) is 99.4 Å². The fourth-order valence-electron chi connectivity index (χ4n) is 3.21. The van der Waals surface area contributed by atoms with E-state index in [4.69, 9.17) is 0 Å². The van der Waals surface area contributed by atoms with Crippen molar-refractivity contribution >= 4 is 39.0 Å². The SMILES string of the molecule is C[N+]1=C2C=CC(S(=O)(=O)NC3(CF)CC3)=CC2C(=O)N(Cc2cncs2)C1=O. The molecule has 1 saturated carbocycles. The van der Waals surface area contributed by atoms with Crippen molar-refractivity contribution in [3.05, 3.63) is 39.7 Å². The average molecular weight is 425 g/mol. The van der Waals surface area contributed by atoms with Gasteiger partial charge in [-0.2, -0.15) is 14.3 Å². The van der Waals surface area contributed by atoms with Crippen molar-refractivity contribution in [3.8, 4) is 0 Å². The van der Waals surface area contributed by atoms with Crippen LogP contribution in [-0.2, 0) is 21.4 Å². The standard InChI is InChI=1S/C17H18FN4O4S2/c1-21-14-3-2-12(28(25,26)20-17(9-18)4-5-17)6-13(14)15(23)22(16(21)24)8-11-7-19-10-27-11/h2-3,6-7,10,13,20H,4-5,8-9H2,1H3/q+1. The lowest BCUT2D eigenvalue weighted by atomic mass is 9.94. The third-order valence-electron chi connectivity index (χ3n) is 5.07. The third kappa shape index (κ3) is 3.23. The summed E-state index contributed by atoms with van der Waals surface area (Å²) in [7, 11) is -2.44. The van der Waals surface area contributed by atoms with Gasteiger partial charge in [0.25, 0.3) is 0 Å². The van der Waals surface area contributed by atoms with E-state index in [1.807, 2.05) is 0 Å². The minimum atomic E-state index is -3.97. The molecule has 148 valence electrons. The van der Waals surface area contributed by atoms with Gasteiger partial charge in [0.05, 0.1) is 27.9 Å². The van der Waals surface area contributed by atoms with Gasteiger partial charge in [-0.25, -0.2) is 22.3 Å². The largest absolute Gasteiger partial charge is 0.501 e. The van der Waals surface area contributed by atoms with Crippen LogP contribution in [0.2, 0.25) is 0 Å². The Bertz CT molecular complexity index is 1040. The summed E-state index contributed by atoms with van der Waals surface area (Å²) in [6.45, 7) is -0.706. The van der Waals surface area contributed by atoms with Gasteiger partial charge in [-0.3, -0.25) is 4.98 Å². The molecule has 1 N–H and O–H groups in total. The zero-order chi connectivity index (χ0) is 20.1. The number of thiazole rings is 1. The monoisotopic (exact) mass is 425 g/mol. The maximum atomic E-state index is 13.1. The van der Waals surface area contributed by atoms with Crippen LogP contribution in [0.3, 0.4) is 0 Å². The lowest BCUT2D eigenvalue weighted by Gasteiger charge is -2.26. The predicted octanol–water partition coefficient (Wildman–Crippen LogP) is 1.18. The van der Waals surface area contributed by atoms with Crippen LogP contribution in [0.25, 0.3) is 0 Å². The Morgan fingerprint density at radius 2 is 2.14 bits per heavy atom. The minimum absolute atomic E-state index is 0.0688. The summed E-state index contributed by atoms with van der Waals surface area (Å²) in [6, 6.07) is -0.485. The van der Waals surface area contributed by atoms with Gasteiger partial charge < -0.3 is 0 Å². The molecule has 2 aliphatic carbocycles. The molecule has 1 atom stereocenters. The summed E-state index contributed by atoms with van der Waals surface area (Å²) in [6.07, 6.45) is 6.56. The van der Waals surface area contributed by atoms with Crippen molar-refractivity contribution in [3.63, 3.8) is 0 Å². The summed E-state index contributed by atoms with van der Waals surface area (Å²) >= 11 is 1.32. The van der Waals surface area contributed by atoms with Crippen molar-refractivity contribution in [2.75, 3.05) is 13.7 Å². The summed E-state index contributed by atoms with van der Waals surface area (Å²) < 4.78 is 42.1. The average Bonchev–Trinajstić information content (AvgIpc) is 3.24. The molecule has 0 saturated heterocycles. The molecule has 0 radical (unpaired) electrons. The molecule has 8 nitrogen and oxygen atoms in total. The first kappa shape index (κ1) is 19.1. The van der Waals surface area contributed by atoms with Crippen molar-refractivity contribution < 1.29 is 27.0 Å². The Morgan fingerprint density at radius 1 is 1.39 bits per heavy atom. The minimum Gasteiger partial charge on any atom is -0.253 e. The molecule has 3 aliphatic rings. The Labute approximate surface area is 165 Å². The Balaban J connectivity index is 1.65. The number of nitrogens with zero attached hydrogens (tertiary/aromatic N) is 3. The number of carbonyl (C=O) groups excluding carboxylic acids is 2.